The van der Waals surface area contributed by atoms with Crippen LogP contribution in [0.3, 0.4) is 0 Å². The summed E-state index contributed by atoms with van der Waals surface area (Å²) >= 11 is 7.45. The van der Waals surface area contributed by atoms with Gasteiger partial charge in [-0.25, -0.2) is 5.01 Å². The zero-order valence-corrected chi connectivity index (χ0v) is 16.4. The van der Waals surface area contributed by atoms with Crippen molar-refractivity contribution in [1.82, 2.24) is 5.01 Å². The van der Waals surface area contributed by atoms with Crippen LogP contribution in [0.15, 0.2) is 71.1 Å². The number of carbonyl (C=O) groups excluding carboxylic acids is 1. The van der Waals surface area contributed by atoms with Crippen LogP contribution >= 0.6 is 22.9 Å². The Morgan fingerprint density at radius 3 is 2.34 bits per heavy atom. The van der Waals surface area contributed by atoms with E-state index < -0.39 is 17.6 Å². The number of halogens is 4. The molecule has 1 aliphatic heterocycles. The highest BCUT2D eigenvalue weighted by molar-refractivity contribution is 7.10. The SMILES string of the molecule is O=C(c1ccc(C(F)(F)F)cc1)N1N=C(c2ccc(Cl)cc2)CC1c1cccs1. The maximum atomic E-state index is 13.1. The molecule has 4 rings (SSSR count). The molecule has 3 aromatic rings. The predicted molar refractivity (Wildman–Crippen MR) is 107 cm³/mol. The number of hydrogen-bond acceptors (Lipinski definition) is 3. The van der Waals surface area contributed by atoms with Crippen LogP contribution < -0.4 is 0 Å². The molecule has 0 fully saturated rings. The molecule has 0 aliphatic carbocycles. The van der Waals surface area contributed by atoms with Gasteiger partial charge in [-0.15, -0.1) is 11.3 Å². The fourth-order valence-electron chi connectivity index (χ4n) is 3.15. The van der Waals surface area contributed by atoms with Gasteiger partial charge < -0.3 is 0 Å². The van der Waals surface area contributed by atoms with Crippen LogP contribution in [-0.4, -0.2) is 16.6 Å². The average Bonchev–Trinajstić information content (AvgIpc) is 3.37. The van der Waals surface area contributed by atoms with Crippen LogP contribution in [0.25, 0.3) is 0 Å². The van der Waals surface area contributed by atoms with Crippen LogP contribution in [0.5, 0.6) is 0 Å². The molecular weight excluding hydrogens is 421 g/mol. The molecule has 1 amide bonds. The predicted octanol–water partition coefficient (Wildman–Crippen LogP) is 6.41. The van der Waals surface area contributed by atoms with Crippen molar-refractivity contribution in [2.45, 2.75) is 18.6 Å². The minimum absolute atomic E-state index is 0.153. The number of nitrogens with zero attached hydrogens (tertiary/aromatic N) is 2. The molecular formula is C21H14ClF3N2OS. The van der Waals surface area contributed by atoms with Gasteiger partial charge >= 0.3 is 6.18 Å². The quantitative estimate of drug-likeness (QED) is 0.468. The van der Waals surface area contributed by atoms with Gasteiger partial charge in [0.25, 0.3) is 5.91 Å². The van der Waals surface area contributed by atoms with Crippen molar-refractivity contribution in [3.8, 4) is 0 Å². The molecule has 1 unspecified atom stereocenters. The molecule has 2 heterocycles. The molecule has 0 bridgehead atoms. The Morgan fingerprint density at radius 2 is 1.76 bits per heavy atom. The fourth-order valence-corrected chi connectivity index (χ4v) is 4.09. The Hall–Kier alpha value is -2.64. The first-order chi connectivity index (χ1) is 13.8. The number of thiophene rings is 1. The summed E-state index contributed by atoms with van der Waals surface area (Å²) in [5, 5.41) is 8.38. The Morgan fingerprint density at radius 1 is 1.07 bits per heavy atom. The monoisotopic (exact) mass is 434 g/mol. The Labute approximate surface area is 174 Å². The van der Waals surface area contributed by atoms with E-state index in [0.717, 1.165) is 28.3 Å². The van der Waals surface area contributed by atoms with Crippen molar-refractivity contribution in [1.29, 1.82) is 0 Å². The molecule has 2 aromatic carbocycles. The molecule has 0 N–H and O–H groups in total. The van der Waals surface area contributed by atoms with Crippen molar-refractivity contribution in [2.24, 2.45) is 5.10 Å². The summed E-state index contributed by atoms with van der Waals surface area (Å²) < 4.78 is 38.4. The van der Waals surface area contributed by atoms with Gasteiger partial charge in [-0.3, -0.25) is 4.79 Å². The number of amides is 1. The lowest BCUT2D eigenvalue weighted by Crippen LogP contribution is -2.26. The summed E-state index contributed by atoms with van der Waals surface area (Å²) in [5.41, 5.74) is 0.926. The van der Waals surface area contributed by atoms with E-state index in [2.05, 4.69) is 5.10 Å². The topological polar surface area (TPSA) is 32.7 Å². The number of hydrazone groups is 1. The second kappa shape index (κ2) is 7.65. The van der Waals surface area contributed by atoms with E-state index in [1.165, 1.54) is 28.5 Å². The summed E-state index contributed by atoms with van der Waals surface area (Å²) in [4.78, 5) is 14.0. The largest absolute Gasteiger partial charge is 0.416 e. The van der Waals surface area contributed by atoms with Gasteiger partial charge in [-0.1, -0.05) is 29.8 Å². The lowest BCUT2D eigenvalue weighted by atomic mass is 10.0. The molecule has 0 saturated carbocycles. The van der Waals surface area contributed by atoms with Crippen LogP contribution in [0.2, 0.25) is 5.02 Å². The minimum Gasteiger partial charge on any atom is -0.267 e. The Balaban J connectivity index is 1.67. The number of rotatable bonds is 3. The highest BCUT2D eigenvalue weighted by atomic mass is 35.5. The van der Waals surface area contributed by atoms with Crippen molar-refractivity contribution < 1.29 is 18.0 Å². The minimum atomic E-state index is -4.45. The molecule has 29 heavy (non-hydrogen) atoms. The molecule has 8 heteroatoms. The number of hydrogen-bond donors (Lipinski definition) is 0. The maximum Gasteiger partial charge on any atom is 0.416 e. The second-order valence-corrected chi connectivity index (χ2v) is 7.93. The highest BCUT2D eigenvalue weighted by Crippen LogP contribution is 2.36. The highest BCUT2D eigenvalue weighted by Gasteiger charge is 2.35. The zero-order valence-electron chi connectivity index (χ0n) is 14.9. The van der Waals surface area contributed by atoms with Gasteiger partial charge in [0.15, 0.2) is 0 Å². The second-order valence-electron chi connectivity index (χ2n) is 6.51. The third-order valence-corrected chi connectivity index (χ3v) is 5.85. The lowest BCUT2D eigenvalue weighted by Gasteiger charge is -2.21. The molecule has 0 saturated heterocycles. The number of alkyl halides is 3. The van der Waals surface area contributed by atoms with Crippen LogP contribution in [0.1, 0.15) is 38.8 Å². The average molecular weight is 435 g/mol. The van der Waals surface area contributed by atoms with E-state index in [0.29, 0.717) is 11.4 Å². The molecule has 0 radical (unpaired) electrons. The Bertz CT molecular complexity index is 1050. The van der Waals surface area contributed by atoms with E-state index in [1.807, 2.05) is 29.6 Å². The fraction of sp³-hybridized carbons (Fsp3) is 0.143. The third kappa shape index (κ3) is 4.06. The van der Waals surface area contributed by atoms with Crippen LogP contribution in [0, 0.1) is 0 Å². The molecule has 3 nitrogen and oxygen atoms in total. The first-order valence-electron chi connectivity index (χ1n) is 8.70. The molecule has 0 spiro atoms. The van der Waals surface area contributed by atoms with Crippen molar-refractivity contribution in [3.05, 3.63) is 92.6 Å². The molecule has 148 valence electrons. The van der Waals surface area contributed by atoms with Crippen molar-refractivity contribution >= 4 is 34.6 Å². The Kier molecular flexibility index (Phi) is 5.19. The van der Waals surface area contributed by atoms with E-state index in [9.17, 15) is 18.0 Å². The van der Waals surface area contributed by atoms with Crippen LogP contribution in [-0.2, 0) is 6.18 Å². The summed E-state index contributed by atoms with van der Waals surface area (Å²) in [5.74, 6) is -0.443. The van der Waals surface area contributed by atoms with E-state index in [4.69, 9.17) is 11.6 Å². The standard InChI is InChI=1S/C21H14ClF3N2OS/c22-16-9-5-13(6-10-16)17-12-18(19-2-1-11-29-19)27(26-17)20(28)14-3-7-15(8-4-14)21(23,24)25/h1-11,18H,12H2. The van der Waals surface area contributed by atoms with Crippen molar-refractivity contribution in [3.63, 3.8) is 0 Å². The van der Waals surface area contributed by atoms with E-state index >= 15 is 0 Å². The number of carbonyl (C=O) groups is 1. The van der Waals surface area contributed by atoms with Gasteiger partial charge in [-0.2, -0.15) is 18.3 Å². The van der Waals surface area contributed by atoms with Gasteiger partial charge in [-0.05, 0) is 53.4 Å². The molecule has 1 aliphatic rings. The summed E-state index contributed by atoms with van der Waals surface area (Å²) in [6.07, 6.45) is -3.94. The van der Waals surface area contributed by atoms with Gasteiger partial charge in [0.05, 0.1) is 17.3 Å². The molecule has 1 atom stereocenters. The van der Waals surface area contributed by atoms with Crippen molar-refractivity contribution in [2.75, 3.05) is 0 Å². The zero-order chi connectivity index (χ0) is 20.6. The smallest absolute Gasteiger partial charge is 0.267 e. The lowest BCUT2D eigenvalue weighted by molar-refractivity contribution is -0.137. The third-order valence-electron chi connectivity index (χ3n) is 4.63. The summed E-state index contributed by atoms with van der Waals surface area (Å²) in [7, 11) is 0. The summed E-state index contributed by atoms with van der Waals surface area (Å²) in [6, 6.07) is 14.9. The number of benzene rings is 2. The first kappa shape index (κ1) is 19.7. The van der Waals surface area contributed by atoms with E-state index in [1.54, 1.807) is 12.1 Å². The molecule has 1 aromatic heterocycles. The van der Waals surface area contributed by atoms with Gasteiger partial charge in [0, 0.05) is 21.9 Å². The first-order valence-corrected chi connectivity index (χ1v) is 9.96. The maximum absolute atomic E-state index is 13.1. The van der Waals surface area contributed by atoms with Gasteiger partial charge in [0.1, 0.15) is 0 Å². The van der Waals surface area contributed by atoms with Gasteiger partial charge in [0.2, 0.25) is 0 Å². The summed E-state index contributed by atoms with van der Waals surface area (Å²) in [6.45, 7) is 0. The van der Waals surface area contributed by atoms with E-state index in [-0.39, 0.29) is 11.6 Å². The normalized spacial score (nSPS) is 16.8. The van der Waals surface area contributed by atoms with Crippen LogP contribution in [0.4, 0.5) is 13.2 Å².